The van der Waals surface area contributed by atoms with Gasteiger partial charge in [0.05, 0.1) is 17.4 Å². The van der Waals surface area contributed by atoms with Gasteiger partial charge in [-0.2, -0.15) is 0 Å². The van der Waals surface area contributed by atoms with E-state index in [4.69, 9.17) is 14.5 Å². The lowest BCUT2D eigenvalue weighted by Crippen LogP contribution is -2.41. The van der Waals surface area contributed by atoms with Gasteiger partial charge in [-0.1, -0.05) is 47.3 Å². The summed E-state index contributed by atoms with van der Waals surface area (Å²) in [4.78, 5) is 11.4. The highest BCUT2D eigenvalue weighted by Gasteiger charge is 2.52. The summed E-state index contributed by atoms with van der Waals surface area (Å²) in [7, 11) is -0.532. The number of hydrogen-bond acceptors (Lipinski definition) is 6. The topological polar surface area (TPSA) is 68.1 Å². The summed E-state index contributed by atoms with van der Waals surface area (Å²) in [6.45, 7) is 9.52. The number of oxime groups is 1. The van der Waals surface area contributed by atoms with Crippen LogP contribution in [0.25, 0.3) is 6.08 Å². The molecule has 1 saturated heterocycles. The van der Waals surface area contributed by atoms with Crippen molar-refractivity contribution in [2.45, 2.75) is 45.8 Å². The summed E-state index contributed by atoms with van der Waals surface area (Å²) < 4.78 is 12.3. The second-order valence-electron chi connectivity index (χ2n) is 6.96. The Morgan fingerprint density at radius 2 is 1.76 bits per heavy atom. The van der Waals surface area contributed by atoms with Gasteiger partial charge in [-0.15, -0.1) is 0 Å². The first-order valence-corrected chi connectivity index (χ1v) is 9.11. The summed E-state index contributed by atoms with van der Waals surface area (Å²) in [5.74, 6) is 0.469. The average molecular weight is 361 g/mol. The highest BCUT2D eigenvalue weighted by Crippen LogP contribution is 2.39. The van der Waals surface area contributed by atoms with Crippen molar-refractivity contribution >= 4 is 36.3 Å². The van der Waals surface area contributed by atoms with E-state index in [1.54, 1.807) is 6.92 Å². The number of benzene rings is 1. The lowest BCUT2D eigenvalue weighted by atomic mass is 9.78. The third kappa shape index (κ3) is 4.74. The summed E-state index contributed by atoms with van der Waals surface area (Å²) in [6, 6.07) is 7.54. The molecule has 0 aromatic heterocycles. The molecule has 1 aromatic carbocycles. The predicted molar refractivity (Wildman–Crippen MR) is 103 cm³/mol. The first kappa shape index (κ1) is 19.8. The van der Waals surface area contributed by atoms with Gasteiger partial charge in [0.2, 0.25) is 0 Å². The number of carbonyl (C=O) groups excluding carboxylic acids is 1. The molecule has 0 spiro atoms. The van der Waals surface area contributed by atoms with E-state index in [2.05, 4.69) is 5.16 Å². The van der Waals surface area contributed by atoms with Gasteiger partial charge in [0.25, 0.3) is 0 Å². The zero-order valence-corrected chi connectivity index (χ0v) is 16.1. The van der Waals surface area contributed by atoms with Crippen molar-refractivity contribution in [2.75, 3.05) is 5.75 Å². The minimum absolute atomic E-state index is 0.0348. The van der Waals surface area contributed by atoms with Gasteiger partial charge in [-0.25, -0.2) is 0 Å². The van der Waals surface area contributed by atoms with Crippen molar-refractivity contribution in [3.63, 3.8) is 0 Å². The molecule has 0 atom stereocenters. The molecule has 0 aliphatic carbocycles. The molecule has 0 radical (unpaired) electrons. The van der Waals surface area contributed by atoms with Crippen LogP contribution >= 0.6 is 11.8 Å². The Balaban J connectivity index is 2.39. The van der Waals surface area contributed by atoms with Crippen LogP contribution in [0.4, 0.5) is 0 Å². The monoisotopic (exact) mass is 361 g/mol. The third-order valence-electron chi connectivity index (χ3n) is 4.53. The molecule has 0 saturated carbocycles. The fourth-order valence-electron chi connectivity index (χ4n) is 2.38. The van der Waals surface area contributed by atoms with Crippen LogP contribution in [0.5, 0.6) is 0 Å². The van der Waals surface area contributed by atoms with Gasteiger partial charge in [-0.05, 0) is 38.7 Å². The third-order valence-corrected chi connectivity index (χ3v) is 5.42. The van der Waals surface area contributed by atoms with Gasteiger partial charge in [-0.3, -0.25) is 4.79 Å². The van der Waals surface area contributed by atoms with Crippen LogP contribution in [-0.4, -0.2) is 40.6 Å². The van der Waals surface area contributed by atoms with Crippen LogP contribution in [0.3, 0.4) is 0 Å². The van der Waals surface area contributed by atoms with Crippen LogP contribution in [0.2, 0.25) is 0 Å². The Bertz CT molecular complexity index is 684. The van der Waals surface area contributed by atoms with Crippen molar-refractivity contribution in [1.29, 1.82) is 0 Å². The highest BCUT2D eigenvalue weighted by molar-refractivity contribution is 8.13. The molecular formula is C18H24BNO4S. The molecule has 5 nitrogen and oxygen atoms in total. The molecule has 25 heavy (non-hydrogen) atoms. The number of hydrogen-bond donors (Lipinski definition) is 1. The van der Waals surface area contributed by atoms with Gasteiger partial charge < -0.3 is 14.5 Å². The van der Waals surface area contributed by atoms with Crippen molar-refractivity contribution in [1.82, 2.24) is 0 Å². The molecule has 0 unspecified atom stereocenters. The molecule has 1 heterocycles. The predicted octanol–water partition coefficient (Wildman–Crippen LogP) is 3.79. The number of thioether (sulfide) groups is 1. The average Bonchev–Trinajstić information content (AvgIpc) is 2.73. The first-order chi connectivity index (χ1) is 11.7. The van der Waals surface area contributed by atoms with Crippen LogP contribution in [0, 0.1) is 0 Å². The van der Waals surface area contributed by atoms with E-state index < -0.39 is 18.3 Å². The summed E-state index contributed by atoms with van der Waals surface area (Å²) >= 11 is 1.21. The number of rotatable bonds is 5. The Hall–Kier alpha value is -1.57. The van der Waals surface area contributed by atoms with E-state index in [1.807, 2.05) is 58.0 Å². The minimum atomic E-state index is -0.532. The molecule has 2 rings (SSSR count). The van der Waals surface area contributed by atoms with Gasteiger partial charge in [0.1, 0.15) is 0 Å². The Labute approximate surface area is 153 Å². The van der Waals surface area contributed by atoms with Crippen LogP contribution in [-0.2, 0) is 14.1 Å². The molecule has 1 N–H and O–H groups in total. The maximum absolute atomic E-state index is 11.4. The molecule has 134 valence electrons. The maximum Gasteiger partial charge on any atom is 0.491 e. The molecule has 0 bridgehead atoms. The van der Waals surface area contributed by atoms with Crippen molar-refractivity contribution in [2.24, 2.45) is 5.16 Å². The summed E-state index contributed by atoms with van der Waals surface area (Å²) in [6.07, 6.45) is 3.32. The van der Waals surface area contributed by atoms with E-state index >= 15 is 0 Å². The first-order valence-electron chi connectivity index (χ1n) is 8.12. The molecule has 1 aromatic rings. The number of nitrogens with zero attached hydrogens (tertiary/aromatic N) is 1. The summed E-state index contributed by atoms with van der Waals surface area (Å²) in [5, 5.41) is 12.0. The lowest BCUT2D eigenvalue weighted by molar-refractivity contribution is -0.109. The maximum atomic E-state index is 11.4. The Morgan fingerprint density at radius 3 is 2.28 bits per heavy atom. The van der Waals surface area contributed by atoms with Crippen LogP contribution in [0.1, 0.15) is 45.7 Å². The van der Waals surface area contributed by atoms with Crippen LogP contribution < -0.4 is 0 Å². The molecule has 1 fully saturated rings. The zero-order chi connectivity index (χ0) is 18.7. The molecule has 1 aliphatic heterocycles. The lowest BCUT2D eigenvalue weighted by Gasteiger charge is -2.32. The van der Waals surface area contributed by atoms with E-state index in [0.29, 0.717) is 5.75 Å². The van der Waals surface area contributed by atoms with Crippen molar-refractivity contribution in [3.05, 3.63) is 40.9 Å². The molecule has 7 heteroatoms. The quantitative estimate of drug-likeness (QED) is 0.374. The van der Waals surface area contributed by atoms with E-state index in [9.17, 15) is 4.79 Å². The highest BCUT2D eigenvalue weighted by atomic mass is 32.2. The van der Waals surface area contributed by atoms with Gasteiger partial charge in [0, 0.05) is 18.2 Å². The second kappa shape index (κ2) is 7.76. The van der Waals surface area contributed by atoms with E-state index in [1.165, 1.54) is 18.0 Å². The van der Waals surface area contributed by atoms with Gasteiger partial charge in [0.15, 0.2) is 5.12 Å². The van der Waals surface area contributed by atoms with Crippen LogP contribution in [0.15, 0.2) is 34.9 Å². The largest absolute Gasteiger partial charge is 0.491 e. The fourth-order valence-corrected chi connectivity index (χ4v) is 2.97. The van der Waals surface area contributed by atoms with Crippen molar-refractivity contribution < 1.29 is 19.3 Å². The zero-order valence-electron chi connectivity index (χ0n) is 15.3. The SMILES string of the molecule is CC(=O)SCC(=Cc1ccccc1C=NO)B1OC(C)(C)C(C)(C)O1. The van der Waals surface area contributed by atoms with Gasteiger partial charge >= 0.3 is 7.12 Å². The smallest absolute Gasteiger partial charge is 0.411 e. The molecule has 1 aliphatic rings. The normalized spacial score (nSPS) is 19.6. The van der Waals surface area contributed by atoms with E-state index in [-0.39, 0.29) is 5.12 Å². The molecular weight excluding hydrogens is 337 g/mol. The standard InChI is InChI=1S/C18H24BNO4S/c1-13(21)25-12-16(19-23-17(2,3)18(4,5)24-19)10-14-8-6-7-9-15(14)11-20-22/h6-11,22H,12H2,1-5H3. The fraction of sp³-hybridized carbons (Fsp3) is 0.444. The molecule has 0 amide bonds. The van der Waals surface area contributed by atoms with Crippen molar-refractivity contribution in [3.8, 4) is 0 Å². The number of carbonyl (C=O) groups is 1. The summed E-state index contributed by atoms with van der Waals surface area (Å²) in [5.41, 5.74) is 1.59. The Kier molecular flexibility index (Phi) is 6.14. The Morgan fingerprint density at radius 1 is 1.20 bits per heavy atom. The second-order valence-corrected chi connectivity index (χ2v) is 8.11. The minimum Gasteiger partial charge on any atom is -0.411 e. The van der Waals surface area contributed by atoms with E-state index in [0.717, 1.165) is 16.6 Å².